The second-order valence-electron chi connectivity index (χ2n) is 7.85. The molecule has 1 heterocycles. The van der Waals surface area contributed by atoms with E-state index in [1.54, 1.807) is 36.2 Å². The van der Waals surface area contributed by atoms with Gasteiger partial charge in [-0.15, -0.1) is 0 Å². The second-order valence-corrected chi connectivity index (χ2v) is 7.85. The maximum atomic E-state index is 13.4. The monoisotopic (exact) mass is 356 g/mol. The molecule has 2 aromatic rings. The van der Waals surface area contributed by atoms with Gasteiger partial charge in [-0.05, 0) is 40.8 Å². The fraction of sp³-hybridized carbons (Fsp3) is 0.333. The van der Waals surface area contributed by atoms with Crippen molar-refractivity contribution in [1.29, 1.82) is 0 Å². The summed E-state index contributed by atoms with van der Waals surface area (Å²) in [5.74, 6) is -0.340. The highest BCUT2D eigenvalue weighted by Gasteiger charge is 2.50. The van der Waals surface area contributed by atoms with Crippen molar-refractivity contribution in [3.05, 3.63) is 71.3 Å². The van der Waals surface area contributed by atoms with Crippen LogP contribution in [-0.4, -0.2) is 23.7 Å². The molecule has 26 heavy (non-hydrogen) atoms. The van der Waals surface area contributed by atoms with E-state index in [-0.39, 0.29) is 23.0 Å². The highest BCUT2D eigenvalue weighted by Crippen LogP contribution is 2.41. The highest BCUT2D eigenvalue weighted by atomic mass is 19.1. The van der Waals surface area contributed by atoms with Gasteiger partial charge in [0.1, 0.15) is 17.5 Å². The van der Waals surface area contributed by atoms with E-state index in [2.05, 4.69) is 20.8 Å². The summed E-state index contributed by atoms with van der Waals surface area (Å²) in [5, 5.41) is 0. The van der Waals surface area contributed by atoms with Gasteiger partial charge in [-0.25, -0.2) is 13.8 Å². The average Bonchev–Trinajstić information content (AvgIpc) is 2.81. The Kier molecular flexibility index (Phi) is 4.42. The van der Waals surface area contributed by atoms with Gasteiger partial charge in [0.05, 0.1) is 0 Å². The molecule has 0 radical (unpaired) electrons. The van der Waals surface area contributed by atoms with Crippen molar-refractivity contribution in [2.24, 2.45) is 10.4 Å². The lowest BCUT2D eigenvalue weighted by molar-refractivity contribution is -0.129. The van der Waals surface area contributed by atoms with Crippen LogP contribution in [0.3, 0.4) is 0 Å². The third kappa shape index (κ3) is 3.14. The van der Waals surface area contributed by atoms with E-state index in [1.807, 2.05) is 0 Å². The van der Waals surface area contributed by atoms with Crippen LogP contribution in [0.5, 0.6) is 0 Å². The third-order valence-corrected chi connectivity index (χ3v) is 4.51. The fourth-order valence-corrected chi connectivity index (χ4v) is 3.23. The first-order chi connectivity index (χ1) is 12.1. The molecule has 2 aromatic carbocycles. The van der Waals surface area contributed by atoms with Gasteiger partial charge in [0, 0.05) is 13.5 Å². The van der Waals surface area contributed by atoms with E-state index in [9.17, 15) is 13.6 Å². The Labute approximate surface area is 152 Å². The summed E-state index contributed by atoms with van der Waals surface area (Å²) in [6.07, 6.45) is 0.610. The van der Waals surface area contributed by atoms with Crippen LogP contribution in [0.1, 0.15) is 38.3 Å². The summed E-state index contributed by atoms with van der Waals surface area (Å²) in [5.41, 5.74) is -0.260. The molecule has 0 aliphatic carbocycles. The molecule has 3 rings (SSSR count). The summed E-state index contributed by atoms with van der Waals surface area (Å²) >= 11 is 0. The summed E-state index contributed by atoms with van der Waals surface area (Å²) in [6.45, 7) is 6.22. The maximum absolute atomic E-state index is 13.4. The van der Waals surface area contributed by atoms with Gasteiger partial charge in [-0.2, -0.15) is 0 Å². The standard InChI is InChI=1S/C21H22F2N2O/c1-20(2,3)13-18-24-21(19(26)25(18)4,14-5-9-16(22)10-6-14)15-7-11-17(23)12-8-15/h5-12H,13H2,1-4H3. The average molecular weight is 356 g/mol. The van der Waals surface area contributed by atoms with E-state index in [0.717, 1.165) is 0 Å². The molecule has 5 heteroatoms. The minimum atomic E-state index is -1.32. The van der Waals surface area contributed by atoms with Crippen LogP contribution in [0.25, 0.3) is 0 Å². The largest absolute Gasteiger partial charge is 0.301 e. The zero-order valence-corrected chi connectivity index (χ0v) is 15.4. The maximum Gasteiger partial charge on any atom is 0.264 e. The Bertz CT molecular complexity index is 804. The predicted octanol–water partition coefficient (Wildman–Crippen LogP) is 4.52. The Morgan fingerprint density at radius 2 is 1.35 bits per heavy atom. The molecule has 0 N–H and O–H groups in total. The smallest absolute Gasteiger partial charge is 0.264 e. The van der Waals surface area contributed by atoms with Gasteiger partial charge >= 0.3 is 0 Å². The van der Waals surface area contributed by atoms with E-state index in [0.29, 0.717) is 23.4 Å². The summed E-state index contributed by atoms with van der Waals surface area (Å²) in [4.78, 5) is 19.7. The van der Waals surface area contributed by atoms with E-state index in [1.165, 1.54) is 24.3 Å². The molecular weight excluding hydrogens is 334 g/mol. The number of aliphatic imine (C=N–C) groups is 1. The molecule has 0 spiro atoms. The van der Waals surface area contributed by atoms with E-state index in [4.69, 9.17) is 4.99 Å². The lowest BCUT2D eigenvalue weighted by Crippen LogP contribution is -2.40. The fourth-order valence-electron chi connectivity index (χ4n) is 3.23. The minimum absolute atomic E-state index is 0.0605. The number of carbonyl (C=O) groups is 1. The van der Waals surface area contributed by atoms with Crippen molar-refractivity contribution in [1.82, 2.24) is 4.90 Å². The predicted molar refractivity (Wildman–Crippen MR) is 97.9 cm³/mol. The van der Waals surface area contributed by atoms with Crippen LogP contribution in [0.4, 0.5) is 8.78 Å². The van der Waals surface area contributed by atoms with Gasteiger partial charge in [0.2, 0.25) is 0 Å². The number of rotatable bonds is 3. The molecule has 1 amide bonds. The van der Waals surface area contributed by atoms with Crippen LogP contribution in [0.15, 0.2) is 53.5 Å². The number of amidine groups is 1. The number of hydrogen-bond donors (Lipinski definition) is 0. The molecular formula is C21H22F2N2O. The molecule has 0 fully saturated rings. The second kappa shape index (κ2) is 6.31. The molecule has 1 aliphatic rings. The van der Waals surface area contributed by atoms with Crippen LogP contribution in [0, 0.1) is 17.0 Å². The zero-order chi connectivity index (χ0) is 19.1. The lowest BCUT2D eigenvalue weighted by atomic mass is 9.83. The van der Waals surface area contributed by atoms with Crippen LogP contribution in [0.2, 0.25) is 0 Å². The number of hydrogen-bond acceptors (Lipinski definition) is 2. The first kappa shape index (κ1) is 18.2. The van der Waals surface area contributed by atoms with Crippen LogP contribution < -0.4 is 0 Å². The molecule has 0 saturated carbocycles. The first-order valence-electron chi connectivity index (χ1n) is 8.52. The van der Waals surface area contributed by atoms with Gasteiger partial charge in [-0.3, -0.25) is 4.79 Å². The number of amides is 1. The summed E-state index contributed by atoms with van der Waals surface area (Å²) in [6, 6.07) is 11.5. The molecule has 136 valence electrons. The van der Waals surface area contributed by atoms with Crippen molar-refractivity contribution < 1.29 is 13.6 Å². The normalized spacial score (nSPS) is 16.8. The number of nitrogens with zero attached hydrogens (tertiary/aromatic N) is 2. The molecule has 0 bridgehead atoms. The molecule has 0 unspecified atom stereocenters. The zero-order valence-electron chi connectivity index (χ0n) is 15.4. The number of benzene rings is 2. The minimum Gasteiger partial charge on any atom is -0.301 e. The Balaban J connectivity index is 2.22. The Morgan fingerprint density at radius 1 is 0.923 bits per heavy atom. The van der Waals surface area contributed by atoms with Gasteiger partial charge < -0.3 is 4.90 Å². The summed E-state index contributed by atoms with van der Waals surface area (Å²) < 4.78 is 26.9. The molecule has 1 aliphatic heterocycles. The van der Waals surface area contributed by atoms with Gasteiger partial charge in [0.25, 0.3) is 5.91 Å². The highest BCUT2D eigenvalue weighted by molar-refractivity contribution is 6.10. The Hall–Kier alpha value is -2.56. The Morgan fingerprint density at radius 3 is 1.73 bits per heavy atom. The molecule has 0 saturated heterocycles. The van der Waals surface area contributed by atoms with Gasteiger partial charge in [-0.1, -0.05) is 45.0 Å². The molecule has 0 atom stereocenters. The third-order valence-electron chi connectivity index (χ3n) is 4.51. The summed E-state index contributed by atoms with van der Waals surface area (Å²) in [7, 11) is 1.70. The van der Waals surface area contributed by atoms with Crippen molar-refractivity contribution in [3.63, 3.8) is 0 Å². The van der Waals surface area contributed by atoms with Crippen molar-refractivity contribution in [2.45, 2.75) is 32.7 Å². The van der Waals surface area contributed by atoms with Crippen molar-refractivity contribution in [3.8, 4) is 0 Å². The number of halogens is 2. The van der Waals surface area contributed by atoms with E-state index < -0.39 is 5.54 Å². The SMILES string of the molecule is CN1C(=O)C(c2ccc(F)cc2)(c2ccc(F)cc2)N=C1CC(C)(C)C. The first-order valence-corrected chi connectivity index (χ1v) is 8.52. The lowest BCUT2D eigenvalue weighted by Gasteiger charge is -2.26. The number of likely N-dealkylation sites (N-methyl/N-ethyl adjacent to an activating group) is 1. The number of carbonyl (C=O) groups excluding carboxylic acids is 1. The van der Waals surface area contributed by atoms with Crippen molar-refractivity contribution in [2.75, 3.05) is 7.05 Å². The quantitative estimate of drug-likeness (QED) is 0.796. The topological polar surface area (TPSA) is 32.7 Å². The van der Waals surface area contributed by atoms with Crippen molar-refractivity contribution >= 4 is 11.7 Å². The molecule has 0 aromatic heterocycles. The van der Waals surface area contributed by atoms with Gasteiger partial charge in [0.15, 0.2) is 5.54 Å². The molecule has 3 nitrogen and oxygen atoms in total. The van der Waals surface area contributed by atoms with Crippen LogP contribution in [-0.2, 0) is 10.3 Å². The van der Waals surface area contributed by atoms with Crippen LogP contribution >= 0.6 is 0 Å². The van der Waals surface area contributed by atoms with E-state index >= 15 is 0 Å².